The molecule has 3 rings (SSSR count). The summed E-state index contributed by atoms with van der Waals surface area (Å²) in [6.07, 6.45) is 3.04. The molecular weight excluding hydrogens is 312 g/mol. The minimum atomic E-state index is -0.184. The number of anilines is 1. The van der Waals surface area contributed by atoms with Crippen LogP contribution in [0.4, 0.5) is 5.82 Å². The molecule has 1 heterocycles. The number of carbonyl (C=O) groups excluding carboxylic acids is 1. The summed E-state index contributed by atoms with van der Waals surface area (Å²) in [4.78, 5) is 20.8. The Morgan fingerprint density at radius 1 is 1.30 bits per heavy atom. The summed E-state index contributed by atoms with van der Waals surface area (Å²) in [5, 5.41) is 6.89. The van der Waals surface area contributed by atoms with Crippen LogP contribution in [0.5, 0.6) is 0 Å². The number of carbonyl (C=O) groups is 1. The van der Waals surface area contributed by atoms with Crippen LogP contribution in [0.15, 0.2) is 30.3 Å². The van der Waals surface area contributed by atoms with Crippen molar-refractivity contribution in [2.24, 2.45) is 0 Å². The maximum absolute atomic E-state index is 12.3. The zero-order valence-corrected chi connectivity index (χ0v) is 13.7. The van der Waals surface area contributed by atoms with Gasteiger partial charge in [-0.25, -0.2) is 9.97 Å². The standard InChI is InChI=1S/C17H19ClN4O/c1-11-20-15(10-16(21-11)22-14-5-6-14)17(23)19-8-7-12-3-2-4-13(18)9-12/h2-4,9-10,14H,5-8H2,1H3,(H,19,23)(H,20,21,22). The second-order valence-electron chi connectivity index (χ2n) is 5.74. The van der Waals surface area contributed by atoms with Crippen LogP contribution >= 0.6 is 11.6 Å². The summed E-state index contributed by atoms with van der Waals surface area (Å²) < 4.78 is 0. The Bertz CT molecular complexity index is 715. The SMILES string of the molecule is Cc1nc(NC2CC2)cc(C(=O)NCCc2cccc(Cl)c2)n1. The molecular formula is C17H19ClN4O. The number of nitrogens with one attached hydrogen (secondary N) is 2. The van der Waals surface area contributed by atoms with E-state index < -0.39 is 0 Å². The molecule has 0 saturated heterocycles. The topological polar surface area (TPSA) is 66.9 Å². The third-order valence-electron chi connectivity index (χ3n) is 3.59. The lowest BCUT2D eigenvalue weighted by Crippen LogP contribution is -2.27. The Balaban J connectivity index is 1.58. The molecule has 1 aliphatic carbocycles. The van der Waals surface area contributed by atoms with Gasteiger partial charge in [0.1, 0.15) is 17.3 Å². The van der Waals surface area contributed by atoms with Crippen LogP contribution in [0, 0.1) is 6.92 Å². The molecule has 1 fully saturated rings. The van der Waals surface area contributed by atoms with Gasteiger partial charge in [-0.2, -0.15) is 0 Å². The molecule has 1 aromatic carbocycles. The first-order valence-electron chi connectivity index (χ1n) is 7.75. The second-order valence-corrected chi connectivity index (χ2v) is 6.18. The highest BCUT2D eigenvalue weighted by atomic mass is 35.5. The number of benzene rings is 1. The highest BCUT2D eigenvalue weighted by Crippen LogP contribution is 2.23. The second kappa shape index (κ2) is 6.96. The predicted molar refractivity (Wildman–Crippen MR) is 90.9 cm³/mol. The van der Waals surface area contributed by atoms with Crippen LogP contribution < -0.4 is 10.6 Å². The largest absolute Gasteiger partial charge is 0.367 e. The average Bonchev–Trinajstić information content (AvgIpc) is 3.30. The average molecular weight is 331 g/mol. The molecule has 0 radical (unpaired) electrons. The number of halogens is 1. The van der Waals surface area contributed by atoms with Crippen LogP contribution in [-0.4, -0.2) is 28.5 Å². The zero-order valence-electron chi connectivity index (χ0n) is 13.0. The van der Waals surface area contributed by atoms with Crippen molar-refractivity contribution in [2.45, 2.75) is 32.2 Å². The van der Waals surface area contributed by atoms with E-state index in [0.717, 1.165) is 30.6 Å². The van der Waals surface area contributed by atoms with Crippen LogP contribution in [0.2, 0.25) is 5.02 Å². The molecule has 2 N–H and O–H groups in total. The van der Waals surface area contributed by atoms with Gasteiger partial charge in [0, 0.05) is 23.7 Å². The maximum atomic E-state index is 12.3. The fourth-order valence-electron chi connectivity index (χ4n) is 2.30. The highest BCUT2D eigenvalue weighted by molar-refractivity contribution is 6.30. The molecule has 0 spiro atoms. The maximum Gasteiger partial charge on any atom is 0.270 e. The minimum Gasteiger partial charge on any atom is -0.367 e. The van der Waals surface area contributed by atoms with Crippen LogP contribution in [0.1, 0.15) is 34.7 Å². The van der Waals surface area contributed by atoms with E-state index in [4.69, 9.17) is 11.6 Å². The number of aryl methyl sites for hydroxylation is 1. The summed E-state index contributed by atoms with van der Waals surface area (Å²) in [5.41, 5.74) is 1.49. The lowest BCUT2D eigenvalue weighted by Gasteiger charge is -2.08. The molecule has 1 amide bonds. The molecule has 1 aromatic heterocycles. The molecule has 0 atom stereocenters. The van der Waals surface area contributed by atoms with Crippen molar-refractivity contribution in [2.75, 3.05) is 11.9 Å². The number of amides is 1. The Hall–Kier alpha value is -2.14. The summed E-state index contributed by atoms with van der Waals surface area (Å²) in [6.45, 7) is 2.33. The molecule has 0 aliphatic heterocycles. The number of nitrogens with zero attached hydrogens (tertiary/aromatic N) is 2. The fraction of sp³-hybridized carbons (Fsp3) is 0.353. The monoisotopic (exact) mass is 330 g/mol. The number of hydrogen-bond donors (Lipinski definition) is 2. The molecule has 5 nitrogen and oxygen atoms in total. The van der Waals surface area contributed by atoms with Crippen molar-refractivity contribution >= 4 is 23.3 Å². The Labute approximate surface area is 140 Å². The quantitative estimate of drug-likeness (QED) is 0.854. The van der Waals surface area contributed by atoms with Crippen molar-refractivity contribution in [3.63, 3.8) is 0 Å². The van der Waals surface area contributed by atoms with E-state index in [2.05, 4.69) is 20.6 Å². The lowest BCUT2D eigenvalue weighted by molar-refractivity contribution is 0.0949. The molecule has 0 unspecified atom stereocenters. The Kier molecular flexibility index (Phi) is 4.76. The van der Waals surface area contributed by atoms with E-state index in [1.54, 1.807) is 13.0 Å². The van der Waals surface area contributed by atoms with Gasteiger partial charge in [0.25, 0.3) is 5.91 Å². The smallest absolute Gasteiger partial charge is 0.270 e. The molecule has 1 aliphatic rings. The first-order valence-corrected chi connectivity index (χ1v) is 8.13. The van der Waals surface area contributed by atoms with E-state index in [9.17, 15) is 4.79 Å². The van der Waals surface area contributed by atoms with E-state index >= 15 is 0 Å². The Morgan fingerprint density at radius 3 is 2.87 bits per heavy atom. The molecule has 0 bridgehead atoms. The minimum absolute atomic E-state index is 0.184. The van der Waals surface area contributed by atoms with Gasteiger partial charge >= 0.3 is 0 Å². The van der Waals surface area contributed by atoms with Gasteiger partial charge in [0.15, 0.2) is 0 Å². The van der Waals surface area contributed by atoms with Crippen molar-refractivity contribution in [1.29, 1.82) is 0 Å². The van der Waals surface area contributed by atoms with Crippen molar-refractivity contribution < 1.29 is 4.79 Å². The van der Waals surface area contributed by atoms with Gasteiger partial charge in [-0.1, -0.05) is 23.7 Å². The van der Waals surface area contributed by atoms with Gasteiger partial charge < -0.3 is 10.6 Å². The third-order valence-corrected chi connectivity index (χ3v) is 3.82. The van der Waals surface area contributed by atoms with Crippen molar-refractivity contribution in [1.82, 2.24) is 15.3 Å². The molecule has 120 valence electrons. The third kappa shape index (κ3) is 4.66. The first-order chi connectivity index (χ1) is 11.1. The number of rotatable bonds is 6. The summed E-state index contributed by atoms with van der Waals surface area (Å²) >= 11 is 5.95. The van der Waals surface area contributed by atoms with Crippen LogP contribution in [0.3, 0.4) is 0 Å². The first kappa shape index (κ1) is 15.7. The Morgan fingerprint density at radius 2 is 2.13 bits per heavy atom. The summed E-state index contributed by atoms with van der Waals surface area (Å²) in [5.74, 6) is 1.13. The van der Waals surface area contributed by atoms with Crippen LogP contribution in [-0.2, 0) is 6.42 Å². The van der Waals surface area contributed by atoms with E-state index in [0.29, 0.717) is 29.1 Å². The fourth-order valence-corrected chi connectivity index (χ4v) is 2.51. The number of aromatic nitrogens is 2. The molecule has 23 heavy (non-hydrogen) atoms. The molecule has 6 heteroatoms. The predicted octanol–water partition coefficient (Wildman–Crippen LogP) is 2.99. The van der Waals surface area contributed by atoms with Crippen molar-refractivity contribution in [3.05, 3.63) is 52.4 Å². The zero-order chi connectivity index (χ0) is 16.2. The van der Waals surface area contributed by atoms with Gasteiger partial charge in [-0.05, 0) is 43.9 Å². The van der Waals surface area contributed by atoms with Gasteiger partial charge in [0.05, 0.1) is 0 Å². The summed E-state index contributed by atoms with van der Waals surface area (Å²) in [7, 11) is 0. The van der Waals surface area contributed by atoms with Gasteiger partial charge in [0.2, 0.25) is 0 Å². The van der Waals surface area contributed by atoms with Gasteiger partial charge in [-0.15, -0.1) is 0 Å². The molecule has 2 aromatic rings. The summed E-state index contributed by atoms with van der Waals surface area (Å²) in [6, 6.07) is 9.83. The molecule has 1 saturated carbocycles. The van der Waals surface area contributed by atoms with E-state index in [1.165, 1.54) is 0 Å². The van der Waals surface area contributed by atoms with Gasteiger partial charge in [-0.3, -0.25) is 4.79 Å². The lowest BCUT2D eigenvalue weighted by atomic mass is 10.1. The highest BCUT2D eigenvalue weighted by Gasteiger charge is 2.22. The van der Waals surface area contributed by atoms with E-state index in [1.807, 2.05) is 24.3 Å². The van der Waals surface area contributed by atoms with Crippen LogP contribution in [0.25, 0.3) is 0 Å². The van der Waals surface area contributed by atoms with E-state index in [-0.39, 0.29) is 5.91 Å². The van der Waals surface area contributed by atoms with Crippen molar-refractivity contribution in [3.8, 4) is 0 Å². The normalized spacial score (nSPS) is 13.7. The number of hydrogen-bond acceptors (Lipinski definition) is 4.